The number of hydrogen-bond acceptors (Lipinski definition) is 4. The third-order valence-electron chi connectivity index (χ3n) is 4.67. The molecule has 0 spiro atoms. The lowest BCUT2D eigenvalue weighted by molar-refractivity contribution is -0.147. The smallest absolute Gasteiger partial charge is 0.311 e. The number of para-hydroxylation sites is 1. The van der Waals surface area contributed by atoms with Gasteiger partial charge in [0.05, 0.1) is 5.41 Å². The first kappa shape index (κ1) is 17.8. The van der Waals surface area contributed by atoms with E-state index in [4.69, 9.17) is 0 Å². The molecule has 1 N–H and O–H groups in total. The molecule has 0 bridgehead atoms. The molecule has 2 aromatic rings. The molecule has 26 heavy (non-hydrogen) atoms. The van der Waals surface area contributed by atoms with Crippen molar-refractivity contribution < 1.29 is 19.1 Å². The summed E-state index contributed by atoms with van der Waals surface area (Å²) in [5.41, 5.74) is -1.48. The molecule has 136 valence electrons. The minimum Gasteiger partial charge on any atom is -0.481 e. The maximum Gasteiger partial charge on any atom is 0.311 e. The van der Waals surface area contributed by atoms with Crippen molar-refractivity contribution in [1.29, 1.82) is 0 Å². The number of carboxylic acids is 1. The van der Waals surface area contributed by atoms with Gasteiger partial charge in [-0.25, -0.2) is 9.07 Å². The van der Waals surface area contributed by atoms with Crippen LogP contribution in [-0.4, -0.2) is 44.8 Å². The van der Waals surface area contributed by atoms with Crippen LogP contribution in [0.4, 0.5) is 4.39 Å². The van der Waals surface area contributed by atoms with Crippen molar-refractivity contribution in [3.05, 3.63) is 57.8 Å². The zero-order chi connectivity index (χ0) is 19.1. The zero-order valence-corrected chi connectivity index (χ0v) is 14.4. The van der Waals surface area contributed by atoms with Gasteiger partial charge in [0.1, 0.15) is 11.5 Å². The lowest BCUT2D eigenvalue weighted by atomic mass is 9.90. The summed E-state index contributed by atoms with van der Waals surface area (Å²) in [6.07, 6.45) is 0.293. The number of aryl methyl sites for hydroxylation is 1. The Labute approximate surface area is 148 Å². The Hall–Kier alpha value is -3.03. The number of carbonyl (C=O) groups is 2. The van der Waals surface area contributed by atoms with Crippen LogP contribution in [0.1, 0.15) is 29.5 Å². The van der Waals surface area contributed by atoms with Crippen molar-refractivity contribution in [2.24, 2.45) is 5.41 Å². The average Bonchev–Trinajstić information content (AvgIpc) is 2.99. The molecular weight excluding hydrogens is 341 g/mol. The molecule has 1 fully saturated rings. The van der Waals surface area contributed by atoms with Crippen LogP contribution in [0.2, 0.25) is 0 Å². The number of carboxylic acid groups (broad SMARTS) is 1. The van der Waals surface area contributed by atoms with Gasteiger partial charge in [-0.05, 0) is 32.4 Å². The molecule has 1 aliphatic heterocycles. The highest BCUT2D eigenvalue weighted by Crippen LogP contribution is 2.30. The molecular formula is C18H18FN3O4. The van der Waals surface area contributed by atoms with Gasteiger partial charge in [-0.15, -0.1) is 0 Å². The number of carbonyl (C=O) groups excluding carboxylic acids is 1. The summed E-state index contributed by atoms with van der Waals surface area (Å²) in [7, 11) is 0. The van der Waals surface area contributed by atoms with Gasteiger partial charge in [0, 0.05) is 24.8 Å². The highest BCUT2D eigenvalue weighted by Gasteiger charge is 2.43. The summed E-state index contributed by atoms with van der Waals surface area (Å²) in [5, 5.41) is 13.4. The summed E-state index contributed by atoms with van der Waals surface area (Å²) < 4.78 is 15.3. The van der Waals surface area contributed by atoms with E-state index in [-0.39, 0.29) is 24.5 Å². The van der Waals surface area contributed by atoms with Crippen LogP contribution in [0.5, 0.6) is 0 Å². The van der Waals surface area contributed by atoms with Gasteiger partial charge < -0.3 is 10.0 Å². The summed E-state index contributed by atoms with van der Waals surface area (Å²) in [6, 6.07) is 7.12. The molecule has 0 aliphatic carbocycles. The topological polar surface area (TPSA) is 92.5 Å². The Bertz CT molecular complexity index is 956. The van der Waals surface area contributed by atoms with Gasteiger partial charge in [-0.1, -0.05) is 12.1 Å². The second kappa shape index (κ2) is 6.36. The number of likely N-dealkylation sites (tertiary alicyclic amines) is 1. The molecule has 0 radical (unpaired) electrons. The Kier molecular flexibility index (Phi) is 4.35. The van der Waals surface area contributed by atoms with Crippen molar-refractivity contribution in [3.63, 3.8) is 0 Å². The van der Waals surface area contributed by atoms with E-state index in [1.54, 1.807) is 19.9 Å². The van der Waals surface area contributed by atoms with Crippen molar-refractivity contribution >= 4 is 11.9 Å². The van der Waals surface area contributed by atoms with Crippen molar-refractivity contribution in [1.82, 2.24) is 14.7 Å². The third-order valence-corrected chi connectivity index (χ3v) is 4.67. The fraction of sp³-hybridized carbons (Fsp3) is 0.333. The number of benzene rings is 1. The summed E-state index contributed by atoms with van der Waals surface area (Å²) >= 11 is 0. The van der Waals surface area contributed by atoms with Crippen LogP contribution in [0.25, 0.3) is 5.69 Å². The Morgan fingerprint density at radius 1 is 1.31 bits per heavy atom. The van der Waals surface area contributed by atoms with Gasteiger partial charge >= 0.3 is 5.97 Å². The minimum absolute atomic E-state index is 0.00411. The highest BCUT2D eigenvalue weighted by atomic mass is 19.1. The number of aliphatic carboxylic acids is 1. The normalized spacial score (nSPS) is 19.6. The predicted molar refractivity (Wildman–Crippen MR) is 90.8 cm³/mol. The van der Waals surface area contributed by atoms with Crippen LogP contribution >= 0.6 is 0 Å². The van der Waals surface area contributed by atoms with E-state index in [9.17, 15) is 23.9 Å². The lowest BCUT2D eigenvalue weighted by Gasteiger charge is -2.20. The Balaban J connectivity index is 2.00. The first-order valence-electron chi connectivity index (χ1n) is 8.11. The molecule has 1 amide bonds. The number of hydrogen-bond donors (Lipinski definition) is 1. The van der Waals surface area contributed by atoms with Crippen molar-refractivity contribution in [3.8, 4) is 5.69 Å². The molecule has 1 unspecified atom stereocenters. The highest BCUT2D eigenvalue weighted by molar-refractivity contribution is 5.93. The van der Waals surface area contributed by atoms with E-state index in [1.807, 2.05) is 0 Å². The largest absolute Gasteiger partial charge is 0.481 e. The second-order valence-electron chi connectivity index (χ2n) is 6.70. The van der Waals surface area contributed by atoms with E-state index < -0.39 is 28.5 Å². The number of rotatable bonds is 3. The number of aromatic nitrogens is 2. The van der Waals surface area contributed by atoms with E-state index in [2.05, 4.69) is 5.10 Å². The molecule has 3 rings (SSSR count). The molecule has 8 heteroatoms. The van der Waals surface area contributed by atoms with Crippen LogP contribution < -0.4 is 5.43 Å². The molecule has 1 atom stereocenters. The van der Waals surface area contributed by atoms with E-state index in [0.717, 1.165) is 0 Å². The second-order valence-corrected chi connectivity index (χ2v) is 6.70. The number of amides is 1. The van der Waals surface area contributed by atoms with Crippen LogP contribution in [0.15, 0.2) is 35.1 Å². The molecule has 0 saturated carbocycles. The zero-order valence-electron chi connectivity index (χ0n) is 14.4. The predicted octanol–water partition coefficient (Wildman–Crippen LogP) is 1.62. The Morgan fingerprint density at radius 2 is 2.00 bits per heavy atom. The monoisotopic (exact) mass is 359 g/mol. The molecule has 2 heterocycles. The SMILES string of the molecule is Cc1cc(=O)c(C(=O)N2CCC(C)(C(=O)O)C2)nn1-c1ccccc1F. The first-order valence-corrected chi connectivity index (χ1v) is 8.11. The van der Waals surface area contributed by atoms with E-state index in [0.29, 0.717) is 12.1 Å². The standard InChI is InChI=1S/C18H18FN3O4/c1-11-9-14(23)15(20-22(11)13-6-4-3-5-12(13)19)16(24)21-8-7-18(2,10-21)17(25)26/h3-6,9H,7-8,10H2,1-2H3,(H,25,26). The molecule has 1 aromatic carbocycles. The fourth-order valence-corrected chi connectivity index (χ4v) is 3.02. The number of nitrogens with zero attached hydrogens (tertiary/aromatic N) is 3. The van der Waals surface area contributed by atoms with Crippen LogP contribution in [0, 0.1) is 18.2 Å². The Morgan fingerprint density at radius 3 is 2.62 bits per heavy atom. The molecule has 7 nitrogen and oxygen atoms in total. The van der Waals surface area contributed by atoms with E-state index in [1.165, 1.54) is 33.8 Å². The summed E-state index contributed by atoms with van der Waals surface area (Å²) in [6.45, 7) is 3.36. The van der Waals surface area contributed by atoms with Gasteiger partial charge in [-0.3, -0.25) is 14.4 Å². The molecule has 1 aromatic heterocycles. The average molecular weight is 359 g/mol. The summed E-state index contributed by atoms with van der Waals surface area (Å²) in [5.74, 6) is -2.18. The quantitative estimate of drug-likeness (QED) is 0.899. The van der Waals surface area contributed by atoms with Crippen molar-refractivity contribution in [2.75, 3.05) is 13.1 Å². The van der Waals surface area contributed by atoms with Crippen LogP contribution in [-0.2, 0) is 4.79 Å². The van der Waals surface area contributed by atoms with Gasteiger partial charge in [0.15, 0.2) is 5.69 Å². The maximum absolute atomic E-state index is 14.1. The summed E-state index contributed by atoms with van der Waals surface area (Å²) in [4.78, 5) is 37.6. The number of halogens is 1. The lowest BCUT2D eigenvalue weighted by Crippen LogP contribution is -2.38. The minimum atomic E-state index is -1.05. The van der Waals surface area contributed by atoms with Gasteiger partial charge in [0.25, 0.3) is 5.91 Å². The van der Waals surface area contributed by atoms with Crippen molar-refractivity contribution in [2.45, 2.75) is 20.3 Å². The fourth-order valence-electron chi connectivity index (χ4n) is 3.02. The van der Waals surface area contributed by atoms with E-state index >= 15 is 0 Å². The van der Waals surface area contributed by atoms with Crippen LogP contribution in [0.3, 0.4) is 0 Å². The third kappa shape index (κ3) is 2.98. The maximum atomic E-state index is 14.1. The molecule has 1 saturated heterocycles. The van der Waals surface area contributed by atoms with Gasteiger partial charge in [-0.2, -0.15) is 5.10 Å². The molecule has 1 aliphatic rings. The van der Waals surface area contributed by atoms with Gasteiger partial charge in [0.2, 0.25) is 5.43 Å². The first-order chi connectivity index (χ1) is 12.2.